The SMILES string of the molecule is COc1ccc(/C=C/C(=O)NNC(=S)N[C@@H]2CCC[C@H](C)[C@H]2C)cc1OC. The van der Waals surface area contributed by atoms with Gasteiger partial charge in [0.25, 0.3) is 5.91 Å². The molecule has 0 unspecified atom stereocenters. The highest BCUT2D eigenvalue weighted by Gasteiger charge is 2.27. The molecule has 1 fully saturated rings. The summed E-state index contributed by atoms with van der Waals surface area (Å²) in [6.45, 7) is 4.52. The van der Waals surface area contributed by atoms with Gasteiger partial charge in [-0.2, -0.15) is 0 Å². The van der Waals surface area contributed by atoms with Gasteiger partial charge in [0.15, 0.2) is 16.6 Å². The van der Waals surface area contributed by atoms with Gasteiger partial charge in [-0.05, 0) is 54.2 Å². The van der Waals surface area contributed by atoms with Gasteiger partial charge in [0.05, 0.1) is 14.2 Å². The Labute approximate surface area is 166 Å². The highest BCUT2D eigenvalue weighted by atomic mass is 32.1. The average molecular weight is 392 g/mol. The Kier molecular flexibility index (Phi) is 7.91. The summed E-state index contributed by atoms with van der Waals surface area (Å²) in [5, 5.41) is 3.75. The van der Waals surface area contributed by atoms with Crippen LogP contribution in [0.3, 0.4) is 0 Å². The monoisotopic (exact) mass is 391 g/mol. The number of thiocarbonyl (C=S) groups is 1. The maximum absolute atomic E-state index is 12.0. The van der Waals surface area contributed by atoms with Gasteiger partial charge in [0.2, 0.25) is 0 Å². The number of hydrogen-bond acceptors (Lipinski definition) is 4. The standard InChI is InChI=1S/C20H29N3O3S/c1-13-6-5-7-16(14(13)2)21-20(27)23-22-19(24)11-9-15-8-10-17(25-3)18(12-15)26-4/h8-14,16H,5-7H2,1-4H3,(H,22,24)(H2,21,23,27)/b11-9+/t13-,14+,16+/m0/s1. The zero-order valence-electron chi connectivity index (χ0n) is 16.4. The van der Waals surface area contributed by atoms with Gasteiger partial charge in [0.1, 0.15) is 0 Å². The summed E-state index contributed by atoms with van der Waals surface area (Å²) in [7, 11) is 3.15. The Hall–Kier alpha value is -2.28. The zero-order valence-corrected chi connectivity index (χ0v) is 17.2. The van der Waals surface area contributed by atoms with Crippen LogP contribution >= 0.6 is 12.2 Å². The van der Waals surface area contributed by atoms with Crippen LogP contribution < -0.4 is 25.6 Å². The second-order valence-corrected chi connectivity index (χ2v) is 7.32. The van der Waals surface area contributed by atoms with E-state index in [0.717, 1.165) is 12.0 Å². The predicted octanol–water partition coefficient (Wildman–Crippen LogP) is 3.04. The molecule has 0 aromatic heterocycles. The Balaban J connectivity index is 1.81. The molecule has 1 aromatic rings. The molecule has 27 heavy (non-hydrogen) atoms. The van der Waals surface area contributed by atoms with Crippen molar-refractivity contribution in [3.8, 4) is 11.5 Å². The van der Waals surface area contributed by atoms with E-state index in [2.05, 4.69) is 30.0 Å². The summed E-state index contributed by atoms with van der Waals surface area (Å²) >= 11 is 5.29. The fourth-order valence-electron chi connectivity index (χ4n) is 3.28. The Morgan fingerprint density at radius 3 is 2.59 bits per heavy atom. The van der Waals surface area contributed by atoms with E-state index < -0.39 is 0 Å². The summed E-state index contributed by atoms with van der Waals surface area (Å²) in [6, 6.07) is 5.78. The lowest BCUT2D eigenvalue weighted by Crippen LogP contribution is -2.52. The molecule has 1 aliphatic carbocycles. The van der Waals surface area contributed by atoms with Crippen molar-refractivity contribution >= 4 is 29.3 Å². The zero-order chi connectivity index (χ0) is 19.8. The van der Waals surface area contributed by atoms with E-state index in [1.54, 1.807) is 32.4 Å². The van der Waals surface area contributed by atoms with Gasteiger partial charge in [-0.1, -0.05) is 32.8 Å². The van der Waals surface area contributed by atoms with Crippen molar-refractivity contribution in [1.82, 2.24) is 16.2 Å². The first kappa shape index (κ1) is 21.0. The molecule has 0 aliphatic heterocycles. The fraction of sp³-hybridized carbons (Fsp3) is 0.500. The van der Waals surface area contributed by atoms with Crippen molar-refractivity contribution in [2.45, 2.75) is 39.2 Å². The maximum atomic E-state index is 12.0. The molecule has 0 saturated heterocycles. The smallest absolute Gasteiger partial charge is 0.262 e. The molecule has 1 aliphatic rings. The summed E-state index contributed by atoms with van der Waals surface area (Å²) < 4.78 is 10.5. The van der Waals surface area contributed by atoms with Crippen molar-refractivity contribution in [3.63, 3.8) is 0 Å². The normalized spacial score (nSPS) is 22.1. The van der Waals surface area contributed by atoms with Crippen LogP contribution in [0.4, 0.5) is 0 Å². The predicted molar refractivity (Wildman–Crippen MR) is 112 cm³/mol. The van der Waals surface area contributed by atoms with Crippen LogP contribution in [-0.2, 0) is 4.79 Å². The van der Waals surface area contributed by atoms with Crippen molar-refractivity contribution in [3.05, 3.63) is 29.8 Å². The van der Waals surface area contributed by atoms with Crippen molar-refractivity contribution in [2.75, 3.05) is 14.2 Å². The lowest BCUT2D eigenvalue weighted by molar-refractivity contribution is -0.116. The van der Waals surface area contributed by atoms with E-state index in [1.807, 2.05) is 6.07 Å². The van der Waals surface area contributed by atoms with E-state index in [1.165, 1.54) is 18.9 Å². The third-order valence-corrected chi connectivity index (χ3v) is 5.38. The minimum atomic E-state index is -0.293. The van der Waals surface area contributed by atoms with Gasteiger partial charge in [-0.25, -0.2) is 0 Å². The highest BCUT2D eigenvalue weighted by molar-refractivity contribution is 7.80. The number of hydrazine groups is 1. The Morgan fingerprint density at radius 1 is 1.15 bits per heavy atom. The molecule has 2 rings (SSSR count). The van der Waals surface area contributed by atoms with Gasteiger partial charge in [-0.15, -0.1) is 0 Å². The van der Waals surface area contributed by atoms with E-state index >= 15 is 0 Å². The van der Waals surface area contributed by atoms with Gasteiger partial charge >= 0.3 is 0 Å². The Morgan fingerprint density at radius 2 is 1.89 bits per heavy atom. The van der Waals surface area contributed by atoms with E-state index in [9.17, 15) is 4.79 Å². The fourth-order valence-corrected chi connectivity index (χ4v) is 3.48. The van der Waals surface area contributed by atoms with Gasteiger partial charge in [-0.3, -0.25) is 15.6 Å². The number of nitrogens with one attached hydrogen (secondary N) is 3. The van der Waals surface area contributed by atoms with Crippen molar-refractivity contribution < 1.29 is 14.3 Å². The second-order valence-electron chi connectivity index (χ2n) is 6.91. The quantitative estimate of drug-likeness (QED) is 0.407. The van der Waals surface area contributed by atoms with E-state index in [0.29, 0.717) is 34.5 Å². The van der Waals surface area contributed by atoms with Crippen LogP contribution in [0.2, 0.25) is 0 Å². The molecule has 148 valence electrons. The molecule has 6 nitrogen and oxygen atoms in total. The van der Waals surface area contributed by atoms with Crippen LogP contribution in [0, 0.1) is 11.8 Å². The van der Waals surface area contributed by atoms with Crippen molar-refractivity contribution in [1.29, 1.82) is 0 Å². The van der Waals surface area contributed by atoms with Crippen LogP contribution in [0.5, 0.6) is 11.5 Å². The van der Waals surface area contributed by atoms with Gasteiger partial charge < -0.3 is 14.8 Å². The molecular weight excluding hydrogens is 362 g/mol. The lowest BCUT2D eigenvalue weighted by atomic mass is 9.78. The molecule has 0 bridgehead atoms. The molecule has 7 heteroatoms. The summed E-state index contributed by atoms with van der Waals surface area (Å²) in [6.07, 6.45) is 6.69. The lowest BCUT2D eigenvalue weighted by Gasteiger charge is -2.35. The molecular formula is C20H29N3O3S. The summed E-state index contributed by atoms with van der Waals surface area (Å²) in [4.78, 5) is 12.0. The first-order chi connectivity index (χ1) is 12.9. The second kappa shape index (κ2) is 10.2. The topological polar surface area (TPSA) is 71.6 Å². The minimum Gasteiger partial charge on any atom is -0.493 e. The number of benzene rings is 1. The van der Waals surface area contributed by atoms with E-state index in [-0.39, 0.29) is 5.91 Å². The highest BCUT2D eigenvalue weighted by Crippen LogP contribution is 2.29. The number of methoxy groups -OCH3 is 2. The molecule has 1 aromatic carbocycles. The third kappa shape index (κ3) is 6.13. The molecule has 3 atom stereocenters. The Bertz CT molecular complexity index is 693. The van der Waals surface area contributed by atoms with Crippen LogP contribution in [-0.4, -0.2) is 31.3 Å². The van der Waals surface area contributed by atoms with Crippen LogP contribution in [0.25, 0.3) is 6.08 Å². The minimum absolute atomic E-state index is 0.293. The molecule has 3 N–H and O–H groups in total. The first-order valence-corrected chi connectivity index (χ1v) is 9.62. The number of amides is 1. The number of rotatable bonds is 5. The van der Waals surface area contributed by atoms with Gasteiger partial charge in [0, 0.05) is 12.1 Å². The van der Waals surface area contributed by atoms with E-state index in [4.69, 9.17) is 21.7 Å². The number of carbonyl (C=O) groups excluding carboxylic acids is 1. The summed E-state index contributed by atoms with van der Waals surface area (Å²) in [5.41, 5.74) is 6.18. The third-order valence-electron chi connectivity index (χ3n) is 5.16. The molecule has 1 saturated carbocycles. The first-order valence-electron chi connectivity index (χ1n) is 9.21. The number of ether oxygens (including phenoxy) is 2. The number of hydrogen-bond donors (Lipinski definition) is 3. The maximum Gasteiger partial charge on any atom is 0.262 e. The molecule has 0 spiro atoms. The molecule has 0 heterocycles. The van der Waals surface area contributed by atoms with Crippen LogP contribution in [0.15, 0.2) is 24.3 Å². The summed E-state index contributed by atoms with van der Waals surface area (Å²) in [5.74, 6) is 2.19. The average Bonchev–Trinajstić information content (AvgIpc) is 2.68. The largest absolute Gasteiger partial charge is 0.493 e. The molecule has 1 amide bonds. The number of carbonyl (C=O) groups is 1. The molecule has 0 radical (unpaired) electrons. The van der Waals surface area contributed by atoms with Crippen molar-refractivity contribution in [2.24, 2.45) is 11.8 Å². The van der Waals surface area contributed by atoms with Crippen LogP contribution in [0.1, 0.15) is 38.7 Å².